The van der Waals surface area contributed by atoms with Gasteiger partial charge in [0.15, 0.2) is 0 Å². The quantitative estimate of drug-likeness (QED) is 0.797. The topological polar surface area (TPSA) is 75.4 Å². The van der Waals surface area contributed by atoms with E-state index in [0.717, 1.165) is 38.2 Å². The maximum absolute atomic E-state index is 13.2. The Kier molecular flexibility index (Phi) is 4.62. The van der Waals surface area contributed by atoms with Gasteiger partial charge in [0.2, 0.25) is 10.0 Å². The minimum Gasteiger partial charge on any atom is -0.398 e. The van der Waals surface area contributed by atoms with Crippen LogP contribution in [0.2, 0.25) is 0 Å². The number of hydrogen-bond donors (Lipinski definition) is 2. The van der Waals surface area contributed by atoms with Gasteiger partial charge in [-0.2, -0.15) is 0 Å². The standard InChI is InChI=1S/C13H20FN3O2S/c1-2-17-6-5-10(9-17)8-16-20(18,19)13-7-11(14)3-4-12(13)15/h3-4,7,10,16H,2,5-6,8-9,15H2,1H3. The summed E-state index contributed by atoms with van der Waals surface area (Å²) in [5, 5.41) is 0. The van der Waals surface area contributed by atoms with Crippen LogP contribution in [-0.2, 0) is 10.0 Å². The predicted octanol–water partition coefficient (Wildman–Crippen LogP) is 1.03. The molecular weight excluding hydrogens is 281 g/mol. The van der Waals surface area contributed by atoms with Crippen LogP contribution in [0, 0.1) is 11.7 Å². The molecule has 3 N–H and O–H groups in total. The second-order valence-electron chi connectivity index (χ2n) is 5.08. The largest absolute Gasteiger partial charge is 0.398 e. The molecule has 5 nitrogen and oxygen atoms in total. The summed E-state index contributed by atoms with van der Waals surface area (Å²) >= 11 is 0. The highest BCUT2D eigenvalue weighted by atomic mass is 32.2. The number of nitrogens with one attached hydrogen (secondary N) is 1. The second-order valence-corrected chi connectivity index (χ2v) is 6.82. The molecule has 1 saturated heterocycles. The van der Waals surface area contributed by atoms with Crippen LogP contribution in [-0.4, -0.2) is 39.5 Å². The van der Waals surface area contributed by atoms with Crippen molar-refractivity contribution in [3.8, 4) is 0 Å². The molecule has 7 heteroatoms. The van der Waals surface area contributed by atoms with Crippen molar-refractivity contribution in [3.05, 3.63) is 24.0 Å². The zero-order chi connectivity index (χ0) is 14.8. The van der Waals surface area contributed by atoms with Gasteiger partial charge in [0.25, 0.3) is 0 Å². The van der Waals surface area contributed by atoms with Crippen molar-refractivity contribution in [1.82, 2.24) is 9.62 Å². The van der Waals surface area contributed by atoms with Crippen LogP contribution in [0.1, 0.15) is 13.3 Å². The predicted molar refractivity (Wildman–Crippen MR) is 76.2 cm³/mol. The summed E-state index contributed by atoms with van der Waals surface area (Å²) in [7, 11) is -3.76. The highest BCUT2D eigenvalue weighted by Gasteiger charge is 2.24. The Hall–Kier alpha value is -1.18. The number of hydrogen-bond acceptors (Lipinski definition) is 4. The third-order valence-corrected chi connectivity index (χ3v) is 5.12. The minimum absolute atomic E-state index is 0.0560. The van der Waals surface area contributed by atoms with Crippen LogP contribution >= 0.6 is 0 Å². The number of likely N-dealkylation sites (tertiary alicyclic amines) is 1. The van der Waals surface area contributed by atoms with Crippen LogP contribution in [0.4, 0.5) is 10.1 Å². The molecule has 112 valence electrons. The molecule has 1 aromatic carbocycles. The van der Waals surface area contributed by atoms with Gasteiger partial charge in [-0.15, -0.1) is 0 Å². The number of sulfonamides is 1. The average molecular weight is 301 g/mol. The van der Waals surface area contributed by atoms with E-state index in [1.807, 2.05) is 0 Å². The van der Waals surface area contributed by atoms with E-state index in [9.17, 15) is 12.8 Å². The van der Waals surface area contributed by atoms with E-state index in [4.69, 9.17) is 5.73 Å². The van der Waals surface area contributed by atoms with Crippen molar-refractivity contribution in [2.75, 3.05) is 31.9 Å². The van der Waals surface area contributed by atoms with Gasteiger partial charge in [-0.05, 0) is 43.6 Å². The van der Waals surface area contributed by atoms with Gasteiger partial charge < -0.3 is 10.6 Å². The van der Waals surface area contributed by atoms with E-state index in [1.54, 1.807) is 0 Å². The highest BCUT2D eigenvalue weighted by molar-refractivity contribution is 7.89. The fourth-order valence-electron chi connectivity index (χ4n) is 2.41. The molecule has 0 amide bonds. The van der Waals surface area contributed by atoms with Crippen LogP contribution in [0.25, 0.3) is 0 Å². The van der Waals surface area contributed by atoms with Gasteiger partial charge in [0.1, 0.15) is 10.7 Å². The molecular formula is C13H20FN3O2S. The third-order valence-electron chi connectivity index (χ3n) is 3.64. The molecule has 1 heterocycles. The molecule has 20 heavy (non-hydrogen) atoms. The van der Waals surface area contributed by atoms with E-state index < -0.39 is 15.8 Å². The first-order chi connectivity index (χ1) is 9.42. The number of halogens is 1. The maximum Gasteiger partial charge on any atom is 0.242 e. The minimum atomic E-state index is -3.76. The third kappa shape index (κ3) is 3.47. The lowest BCUT2D eigenvalue weighted by Gasteiger charge is -2.14. The Morgan fingerprint density at radius 2 is 2.25 bits per heavy atom. The fraction of sp³-hybridized carbons (Fsp3) is 0.538. The van der Waals surface area contributed by atoms with Crippen LogP contribution in [0.3, 0.4) is 0 Å². The van der Waals surface area contributed by atoms with Crippen molar-refractivity contribution in [3.63, 3.8) is 0 Å². The fourth-order valence-corrected chi connectivity index (χ4v) is 3.67. The summed E-state index contributed by atoms with van der Waals surface area (Å²) in [6.45, 7) is 5.29. The van der Waals surface area contributed by atoms with Crippen LogP contribution in [0.15, 0.2) is 23.1 Å². The first kappa shape index (κ1) is 15.2. The summed E-state index contributed by atoms with van der Waals surface area (Å²) < 4.78 is 40.0. The Bertz CT molecular complexity index is 577. The summed E-state index contributed by atoms with van der Waals surface area (Å²) in [4.78, 5) is 2.08. The van der Waals surface area contributed by atoms with Crippen LogP contribution < -0.4 is 10.5 Å². The van der Waals surface area contributed by atoms with Gasteiger partial charge >= 0.3 is 0 Å². The SMILES string of the molecule is CCN1CCC(CNS(=O)(=O)c2cc(F)ccc2N)C1. The number of rotatable bonds is 5. The van der Waals surface area contributed by atoms with Crippen molar-refractivity contribution >= 4 is 15.7 Å². The number of nitrogen functional groups attached to an aromatic ring is 1. The van der Waals surface area contributed by atoms with Crippen molar-refractivity contribution in [1.29, 1.82) is 0 Å². The molecule has 0 aliphatic carbocycles. The number of nitrogens with zero attached hydrogens (tertiary/aromatic N) is 1. The number of anilines is 1. The summed E-state index contributed by atoms with van der Waals surface area (Å²) in [6, 6.07) is 3.35. The van der Waals surface area contributed by atoms with Crippen molar-refractivity contribution < 1.29 is 12.8 Å². The Morgan fingerprint density at radius 1 is 1.50 bits per heavy atom. The summed E-state index contributed by atoms with van der Waals surface area (Å²) in [5.74, 6) is -0.322. The molecule has 1 atom stereocenters. The molecule has 0 aromatic heterocycles. The molecule has 0 spiro atoms. The summed E-state index contributed by atoms with van der Waals surface area (Å²) in [6.07, 6.45) is 0.967. The molecule has 0 radical (unpaired) electrons. The molecule has 0 saturated carbocycles. The Morgan fingerprint density at radius 3 is 2.90 bits per heavy atom. The number of nitrogens with two attached hydrogens (primary N) is 1. The van der Waals surface area contributed by atoms with E-state index in [1.165, 1.54) is 6.07 Å². The lowest BCUT2D eigenvalue weighted by atomic mass is 10.1. The number of benzene rings is 1. The maximum atomic E-state index is 13.2. The monoisotopic (exact) mass is 301 g/mol. The molecule has 1 aliphatic rings. The second kappa shape index (κ2) is 6.07. The van der Waals surface area contributed by atoms with Crippen LogP contribution in [0.5, 0.6) is 0 Å². The first-order valence-electron chi connectivity index (χ1n) is 6.69. The van der Waals surface area contributed by atoms with E-state index in [2.05, 4.69) is 16.5 Å². The molecule has 1 fully saturated rings. The molecule has 0 bridgehead atoms. The smallest absolute Gasteiger partial charge is 0.242 e. The highest BCUT2D eigenvalue weighted by Crippen LogP contribution is 2.20. The van der Waals surface area contributed by atoms with E-state index >= 15 is 0 Å². The van der Waals surface area contributed by atoms with Crippen molar-refractivity contribution in [2.45, 2.75) is 18.2 Å². The normalized spacial score (nSPS) is 20.4. The van der Waals surface area contributed by atoms with Crippen molar-refractivity contribution in [2.24, 2.45) is 5.92 Å². The summed E-state index contributed by atoms with van der Waals surface area (Å²) in [5.41, 5.74) is 5.66. The lowest BCUT2D eigenvalue weighted by Crippen LogP contribution is -2.31. The van der Waals surface area contributed by atoms with Gasteiger partial charge in [0.05, 0.1) is 5.69 Å². The Balaban J connectivity index is 2.03. The van der Waals surface area contributed by atoms with E-state index in [-0.39, 0.29) is 10.6 Å². The molecule has 1 unspecified atom stereocenters. The lowest BCUT2D eigenvalue weighted by molar-refractivity contribution is 0.342. The Labute approximate surface area is 119 Å². The molecule has 2 rings (SSSR count). The first-order valence-corrected chi connectivity index (χ1v) is 8.17. The zero-order valence-electron chi connectivity index (χ0n) is 11.5. The van der Waals surface area contributed by atoms with Gasteiger partial charge in [-0.3, -0.25) is 0 Å². The molecule has 1 aromatic rings. The van der Waals surface area contributed by atoms with Gasteiger partial charge in [-0.1, -0.05) is 6.92 Å². The zero-order valence-corrected chi connectivity index (χ0v) is 12.3. The van der Waals surface area contributed by atoms with Gasteiger partial charge in [-0.25, -0.2) is 17.5 Å². The van der Waals surface area contributed by atoms with E-state index in [0.29, 0.717) is 12.5 Å². The molecule has 1 aliphatic heterocycles. The van der Waals surface area contributed by atoms with Gasteiger partial charge in [0, 0.05) is 13.1 Å². The average Bonchev–Trinajstić information content (AvgIpc) is 2.87.